The molecular weight excluding hydrogens is 180 g/mol. The maximum Gasteiger partial charge on any atom is 0.254 e. The van der Waals surface area contributed by atoms with E-state index in [0.717, 1.165) is 0 Å². The predicted molar refractivity (Wildman–Crippen MR) is 50.0 cm³/mol. The number of fused-ring (bicyclic) bond motifs is 1. The van der Waals surface area contributed by atoms with Crippen LogP contribution in [-0.2, 0) is 0 Å². The second-order valence-electron chi connectivity index (χ2n) is 3.37. The van der Waals surface area contributed by atoms with Gasteiger partial charge in [0.05, 0.1) is 6.20 Å². The number of rotatable bonds is 2. The molecule has 0 aliphatic carbocycles. The molecule has 0 unspecified atom stereocenters. The molecule has 5 heteroatoms. The van der Waals surface area contributed by atoms with Gasteiger partial charge in [0.2, 0.25) is 0 Å². The number of Topliss-reactive ketones (excluding diaryl/α,β-unsaturated/α-hetero) is 1. The largest absolute Gasteiger partial charge is 0.292 e. The Kier molecular flexibility index (Phi) is 1.99. The minimum Gasteiger partial charge on any atom is -0.292 e. The van der Waals surface area contributed by atoms with Crippen LogP contribution in [0.5, 0.6) is 0 Å². The van der Waals surface area contributed by atoms with Gasteiger partial charge in [0.25, 0.3) is 5.78 Å². The number of carbonyl (C=O) groups is 1. The van der Waals surface area contributed by atoms with Gasteiger partial charge in [-0.1, -0.05) is 13.8 Å². The number of hydrogen-bond acceptors (Lipinski definition) is 4. The summed E-state index contributed by atoms with van der Waals surface area (Å²) in [5.41, 5.74) is 0.445. The number of aromatic nitrogens is 4. The number of ketones is 1. The van der Waals surface area contributed by atoms with Crippen LogP contribution in [0.2, 0.25) is 0 Å². The van der Waals surface area contributed by atoms with Gasteiger partial charge >= 0.3 is 0 Å². The van der Waals surface area contributed by atoms with Gasteiger partial charge in [-0.05, 0) is 0 Å². The van der Waals surface area contributed by atoms with Gasteiger partial charge in [0.1, 0.15) is 5.69 Å². The quantitative estimate of drug-likeness (QED) is 0.662. The van der Waals surface area contributed by atoms with Crippen LogP contribution >= 0.6 is 0 Å². The van der Waals surface area contributed by atoms with Crippen molar-refractivity contribution < 1.29 is 4.79 Å². The molecule has 2 heterocycles. The lowest BCUT2D eigenvalue weighted by atomic mass is 10.1. The molecular formula is C9H10N4O. The van der Waals surface area contributed by atoms with E-state index in [2.05, 4.69) is 15.2 Å². The molecule has 0 aliphatic rings. The molecule has 0 bridgehead atoms. The van der Waals surface area contributed by atoms with Crippen molar-refractivity contribution in [1.82, 2.24) is 19.6 Å². The maximum atomic E-state index is 11.6. The van der Waals surface area contributed by atoms with Crippen LogP contribution in [0.1, 0.15) is 24.3 Å². The molecule has 2 aromatic rings. The van der Waals surface area contributed by atoms with Crippen LogP contribution in [-0.4, -0.2) is 25.4 Å². The Hall–Kier alpha value is -1.78. The molecule has 0 radical (unpaired) electrons. The predicted octanol–water partition coefficient (Wildman–Crippen LogP) is 0.963. The summed E-state index contributed by atoms with van der Waals surface area (Å²) in [4.78, 5) is 15.7. The van der Waals surface area contributed by atoms with Gasteiger partial charge in [-0.3, -0.25) is 9.20 Å². The van der Waals surface area contributed by atoms with Crippen molar-refractivity contribution in [2.45, 2.75) is 13.8 Å². The van der Waals surface area contributed by atoms with Crippen LogP contribution in [0, 0.1) is 5.92 Å². The van der Waals surface area contributed by atoms with E-state index in [-0.39, 0.29) is 11.7 Å². The minimum absolute atomic E-state index is 0.0236. The zero-order chi connectivity index (χ0) is 10.1. The molecule has 0 saturated carbocycles. The van der Waals surface area contributed by atoms with Gasteiger partial charge in [-0.25, -0.2) is 4.98 Å². The van der Waals surface area contributed by atoms with E-state index in [1.807, 2.05) is 13.8 Å². The lowest BCUT2D eigenvalue weighted by Gasteiger charge is -1.97. The molecule has 0 saturated heterocycles. The SMILES string of the molecule is CC(C)C(=O)c1cn2ccnnc2n1. The smallest absolute Gasteiger partial charge is 0.254 e. The zero-order valence-electron chi connectivity index (χ0n) is 8.01. The Morgan fingerprint density at radius 3 is 2.93 bits per heavy atom. The summed E-state index contributed by atoms with van der Waals surface area (Å²) in [6.07, 6.45) is 4.94. The van der Waals surface area contributed by atoms with Crippen LogP contribution in [0.3, 0.4) is 0 Å². The molecule has 0 amide bonds. The van der Waals surface area contributed by atoms with E-state index in [4.69, 9.17) is 0 Å². The summed E-state index contributed by atoms with van der Waals surface area (Å²) >= 11 is 0. The summed E-state index contributed by atoms with van der Waals surface area (Å²) < 4.78 is 1.68. The molecule has 5 nitrogen and oxygen atoms in total. The van der Waals surface area contributed by atoms with Crippen molar-refractivity contribution in [3.63, 3.8) is 0 Å². The third-order valence-electron chi connectivity index (χ3n) is 1.93. The molecule has 72 valence electrons. The fraction of sp³-hybridized carbons (Fsp3) is 0.333. The maximum absolute atomic E-state index is 11.6. The highest BCUT2D eigenvalue weighted by atomic mass is 16.1. The van der Waals surface area contributed by atoms with Crippen molar-refractivity contribution in [1.29, 1.82) is 0 Å². The molecule has 0 spiro atoms. The molecule has 2 rings (SSSR count). The molecule has 0 N–H and O–H groups in total. The second-order valence-corrected chi connectivity index (χ2v) is 3.37. The number of carbonyl (C=O) groups excluding carboxylic acids is 1. The van der Waals surface area contributed by atoms with Gasteiger partial charge in [-0.2, -0.15) is 5.10 Å². The van der Waals surface area contributed by atoms with Crippen molar-refractivity contribution in [3.05, 3.63) is 24.3 Å². The summed E-state index contributed by atoms with van der Waals surface area (Å²) in [6, 6.07) is 0. The molecule has 0 fully saturated rings. The highest BCUT2D eigenvalue weighted by Gasteiger charge is 2.14. The highest BCUT2D eigenvalue weighted by molar-refractivity contribution is 5.95. The molecule has 0 aromatic carbocycles. The first-order valence-electron chi connectivity index (χ1n) is 4.39. The lowest BCUT2D eigenvalue weighted by molar-refractivity contribution is 0.0935. The fourth-order valence-electron chi connectivity index (χ4n) is 1.17. The van der Waals surface area contributed by atoms with Gasteiger partial charge < -0.3 is 0 Å². The number of hydrogen-bond donors (Lipinski definition) is 0. The first-order chi connectivity index (χ1) is 6.68. The Morgan fingerprint density at radius 2 is 2.29 bits per heavy atom. The first-order valence-corrected chi connectivity index (χ1v) is 4.39. The monoisotopic (exact) mass is 190 g/mol. The minimum atomic E-state index is -0.0483. The molecule has 2 aromatic heterocycles. The topological polar surface area (TPSA) is 60.2 Å². The third kappa shape index (κ3) is 1.37. The van der Waals surface area contributed by atoms with E-state index in [1.165, 1.54) is 0 Å². The van der Waals surface area contributed by atoms with Crippen molar-refractivity contribution in [2.24, 2.45) is 5.92 Å². The summed E-state index contributed by atoms with van der Waals surface area (Å²) in [5, 5.41) is 7.48. The van der Waals surface area contributed by atoms with Crippen LogP contribution < -0.4 is 0 Å². The zero-order valence-corrected chi connectivity index (χ0v) is 8.01. The highest BCUT2D eigenvalue weighted by Crippen LogP contribution is 2.07. The van der Waals surface area contributed by atoms with Gasteiger partial charge in [0.15, 0.2) is 5.78 Å². The Morgan fingerprint density at radius 1 is 1.50 bits per heavy atom. The molecule has 0 aliphatic heterocycles. The van der Waals surface area contributed by atoms with Gasteiger partial charge in [0, 0.05) is 18.3 Å². The van der Waals surface area contributed by atoms with E-state index >= 15 is 0 Å². The molecule has 14 heavy (non-hydrogen) atoms. The third-order valence-corrected chi connectivity index (χ3v) is 1.93. The normalized spacial score (nSPS) is 11.1. The van der Waals surface area contributed by atoms with E-state index in [9.17, 15) is 4.79 Å². The average molecular weight is 190 g/mol. The Bertz CT molecular complexity index is 441. The van der Waals surface area contributed by atoms with Crippen molar-refractivity contribution in [3.8, 4) is 0 Å². The summed E-state index contributed by atoms with van der Waals surface area (Å²) in [7, 11) is 0. The van der Waals surface area contributed by atoms with Gasteiger partial charge in [-0.15, -0.1) is 5.10 Å². The van der Waals surface area contributed by atoms with Crippen LogP contribution in [0.4, 0.5) is 0 Å². The Balaban J connectivity index is 2.50. The molecule has 0 atom stereocenters. The average Bonchev–Trinajstić information content (AvgIpc) is 2.59. The lowest BCUT2D eigenvalue weighted by Crippen LogP contribution is -2.07. The van der Waals surface area contributed by atoms with Crippen LogP contribution in [0.25, 0.3) is 5.78 Å². The van der Waals surface area contributed by atoms with E-state index in [0.29, 0.717) is 11.5 Å². The number of imidazole rings is 1. The second kappa shape index (κ2) is 3.17. The summed E-state index contributed by atoms with van der Waals surface area (Å²) in [5.74, 6) is 0.430. The summed E-state index contributed by atoms with van der Waals surface area (Å²) in [6.45, 7) is 3.69. The van der Waals surface area contributed by atoms with Crippen molar-refractivity contribution in [2.75, 3.05) is 0 Å². The first kappa shape index (κ1) is 8.80. The number of nitrogens with zero attached hydrogens (tertiary/aromatic N) is 4. The Labute approximate surface area is 80.8 Å². The van der Waals surface area contributed by atoms with Crippen molar-refractivity contribution >= 4 is 11.6 Å². The standard InChI is InChI=1S/C9H10N4O/c1-6(2)8(14)7-5-13-4-3-10-12-9(13)11-7/h3-6H,1-2H3. The van der Waals surface area contributed by atoms with E-state index in [1.54, 1.807) is 23.0 Å². The fourth-order valence-corrected chi connectivity index (χ4v) is 1.17. The van der Waals surface area contributed by atoms with Crippen LogP contribution in [0.15, 0.2) is 18.6 Å². The van der Waals surface area contributed by atoms with E-state index < -0.39 is 0 Å².